The SMILES string of the molecule is O=C(CC1CC(=O)NN1)N/N=C/C=C/c1ccccc1. The topological polar surface area (TPSA) is 82.6 Å². The zero-order valence-electron chi connectivity index (χ0n) is 10.9. The molecule has 2 rings (SSSR count). The van der Waals surface area contributed by atoms with Crippen LogP contribution in [-0.2, 0) is 9.59 Å². The number of rotatable bonds is 5. The van der Waals surface area contributed by atoms with E-state index in [4.69, 9.17) is 0 Å². The summed E-state index contributed by atoms with van der Waals surface area (Å²) in [5.41, 5.74) is 8.66. The molecule has 0 saturated carbocycles. The van der Waals surface area contributed by atoms with Crippen molar-refractivity contribution >= 4 is 24.1 Å². The molecule has 0 aromatic heterocycles. The summed E-state index contributed by atoms with van der Waals surface area (Å²) in [6.45, 7) is 0. The number of amides is 2. The molecule has 0 aliphatic carbocycles. The van der Waals surface area contributed by atoms with Gasteiger partial charge in [0.05, 0.1) is 0 Å². The summed E-state index contributed by atoms with van der Waals surface area (Å²) in [6.07, 6.45) is 5.66. The lowest BCUT2D eigenvalue weighted by Gasteiger charge is -2.05. The molecule has 1 heterocycles. The summed E-state index contributed by atoms with van der Waals surface area (Å²) in [5, 5.41) is 3.80. The number of hydrogen-bond acceptors (Lipinski definition) is 4. The molecule has 20 heavy (non-hydrogen) atoms. The number of benzene rings is 1. The summed E-state index contributed by atoms with van der Waals surface area (Å²) >= 11 is 0. The smallest absolute Gasteiger partial charge is 0.241 e. The Hall–Kier alpha value is -2.47. The lowest BCUT2D eigenvalue weighted by atomic mass is 10.1. The number of carbonyl (C=O) groups excluding carboxylic acids is 2. The number of hydrazone groups is 1. The third kappa shape index (κ3) is 4.66. The van der Waals surface area contributed by atoms with Gasteiger partial charge in [0.2, 0.25) is 11.8 Å². The van der Waals surface area contributed by atoms with E-state index in [1.165, 1.54) is 6.21 Å². The fourth-order valence-corrected chi connectivity index (χ4v) is 1.77. The average molecular weight is 272 g/mol. The summed E-state index contributed by atoms with van der Waals surface area (Å²) in [4.78, 5) is 22.4. The third-order valence-corrected chi connectivity index (χ3v) is 2.72. The number of allylic oxidation sites excluding steroid dienone is 1. The standard InChI is InChI=1S/C14H16N4O2/c19-13(9-12-10-14(20)18-16-12)17-15-8-4-7-11-5-2-1-3-6-11/h1-8,12,16H,9-10H2,(H,17,19)(H,18,20)/b7-4+,15-8+. The second-order valence-corrected chi connectivity index (χ2v) is 4.38. The fourth-order valence-electron chi connectivity index (χ4n) is 1.77. The minimum Gasteiger partial charge on any atom is -0.291 e. The Morgan fingerprint density at radius 1 is 1.40 bits per heavy atom. The van der Waals surface area contributed by atoms with Crippen molar-refractivity contribution in [3.05, 3.63) is 42.0 Å². The summed E-state index contributed by atoms with van der Waals surface area (Å²) in [5.74, 6) is -0.333. The predicted molar refractivity (Wildman–Crippen MR) is 76.4 cm³/mol. The van der Waals surface area contributed by atoms with Gasteiger partial charge in [-0.25, -0.2) is 10.9 Å². The van der Waals surface area contributed by atoms with E-state index in [-0.39, 0.29) is 24.3 Å². The van der Waals surface area contributed by atoms with Crippen LogP contribution < -0.4 is 16.3 Å². The molecule has 0 radical (unpaired) electrons. The first-order valence-electron chi connectivity index (χ1n) is 6.32. The predicted octanol–water partition coefficient (Wildman–Crippen LogP) is 0.585. The van der Waals surface area contributed by atoms with Crippen LogP contribution in [0.4, 0.5) is 0 Å². The molecule has 0 bridgehead atoms. The first-order chi connectivity index (χ1) is 9.74. The zero-order valence-corrected chi connectivity index (χ0v) is 10.9. The van der Waals surface area contributed by atoms with Gasteiger partial charge >= 0.3 is 0 Å². The van der Waals surface area contributed by atoms with Crippen molar-refractivity contribution in [3.63, 3.8) is 0 Å². The molecule has 1 saturated heterocycles. The van der Waals surface area contributed by atoms with Crippen LogP contribution in [0.3, 0.4) is 0 Å². The maximum absolute atomic E-state index is 11.5. The maximum atomic E-state index is 11.5. The van der Waals surface area contributed by atoms with Gasteiger partial charge in [-0.15, -0.1) is 0 Å². The Kier molecular flexibility index (Phi) is 5.02. The van der Waals surface area contributed by atoms with Crippen LogP contribution in [-0.4, -0.2) is 24.1 Å². The molecule has 1 unspecified atom stereocenters. The van der Waals surface area contributed by atoms with Crippen LogP contribution in [0.5, 0.6) is 0 Å². The largest absolute Gasteiger partial charge is 0.291 e. The monoisotopic (exact) mass is 272 g/mol. The maximum Gasteiger partial charge on any atom is 0.241 e. The van der Waals surface area contributed by atoms with E-state index in [0.717, 1.165) is 5.56 Å². The number of carbonyl (C=O) groups is 2. The van der Waals surface area contributed by atoms with Crippen LogP contribution >= 0.6 is 0 Å². The zero-order chi connectivity index (χ0) is 14.2. The molecule has 6 heteroatoms. The normalized spacial score (nSPS) is 18.6. The first kappa shape index (κ1) is 14.0. The average Bonchev–Trinajstić information content (AvgIpc) is 2.85. The van der Waals surface area contributed by atoms with Gasteiger partial charge in [0.25, 0.3) is 0 Å². The lowest BCUT2D eigenvalue weighted by molar-refractivity contribution is -0.121. The molecular formula is C14H16N4O2. The Morgan fingerprint density at radius 2 is 2.20 bits per heavy atom. The van der Waals surface area contributed by atoms with Gasteiger partial charge in [-0.1, -0.05) is 36.4 Å². The van der Waals surface area contributed by atoms with Crippen molar-refractivity contribution in [2.75, 3.05) is 0 Å². The van der Waals surface area contributed by atoms with E-state index in [1.807, 2.05) is 36.4 Å². The molecule has 1 atom stereocenters. The van der Waals surface area contributed by atoms with E-state index in [0.29, 0.717) is 6.42 Å². The Labute approximate surface area is 116 Å². The van der Waals surface area contributed by atoms with Gasteiger partial charge in [0.15, 0.2) is 0 Å². The van der Waals surface area contributed by atoms with Crippen LogP contribution in [0.2, 0.25) is 0 Å². The van der Waals surface area contributed by atoms with Crippen molar-refractivity contribution in [1.82, 2.24) is 16.3 Å². The molecule has 2 amide bonds. The molecule has 104 valence electrons. The Bertz CT molecular complexity index is 525. The highest BCUT2D eigenvalue weighted by Crippen LogP contribution is 2.02. The quantitative estimate of drug-likeness (QED) is 0.542. The van der Waals surface area contributed by atoms with E-state index in [9.17, 15) is 9.59 Å². The minimum atomic E-state index is -0.233. The highest BCUT2D eigenvalue weighted by atomic mass is 16.2. The Balaban J connectivity index is 1.69. The van der Waals surface area contributed by atoms with Crippen molar-refractivity contribution in [1.29, 1.82) is 0 Å². The van der Waals surface area contributed by atoms with Crippen LogP contribution in [0.15, 0.2) is 41.5 Å². The van der Waals surface area contributed by atoms with Crippen molar-refractivity contribution in [2.45, 2.75) is 18.9 Å². The molecule has 1 aromatic rings. The molecule has 0 spiro atoms. The highest BCUT2D eigenvalue weighted by molar-refractivity contribution is 5.83. The molecule has 1 aromatic carbocycles. The van der Waals surface area contributed by atoms with Gasteiger partial charge in [0.1, 0.15) is 0 Å². The molecule has 1 aliphatic rings. The second-order valence-electron chi connectivity index (χ2n) is 4.38. The van der Waals surface area contributed by atoms with Crippen molar-refractivity contribution in [3.8, 4) is 0 Å². The van der Waals surface area contributed by atoms with Gasteiger partial charge in [-0.2, -0.15) is 5.10 Å². The number of nitrogens with one attached hydrogen (secondary N) is 3. The number of hydrazine groups is 1. The number of nitrogens with zero attached hydrogens (tertiary/aromatic N) is 1. The first-order valence-corrected chi connectivity index (χ1v) is 6.32. The van der Waals surface area contributed by atoms with E-state index < -0.39 is 0 Å². The fraction of sp³-hybridized carbons (Fsp3) is 0.214. The van der Waals surface area contributed by atoms with Gasteiger partial charge in [-0.05, 0) is 11.6 Å². The van der Waals surface area contributed by atoms with E-state index in [1.54, 1.807) is 6.08 Å². The molecule has 6 nitrogen and oxygen atoms in total. The van der Waals surface area contributed by atoms with Crippen LogP contribution in [0.1, 0.15) is 18.4 Å². The van der Waals surface area contributed by atoms with Gasteiger partial charge in [0, 0.05) is 25.1 Å². The van der Waals surface area contributed by atoms with Gasteiger partial charge in [-0.3, -0.25) is 15.0 Å². The molecule has 1 fully saturated rings. The summed E-state index contributed by atoms with van der Waals surface area (Å²) in [7, 11) is 0. The minimum absolute atomic E-state index is 0.0999. The van der Waals surface area contributed by atoms with E-state index >= 15 is 0 Å². The van der Waals surface area contributed by atoms with Crippen molar-refractivity contribution in [2.24, 2.45) is 5.10 Å². The molecular weight excluding hydrogens is 256 g/mol. The highest BCUT2D eigenvalue weighted by Gasteiger charge is 2.22. The molecule has 3 N–H and O–H groups in total. The van der Waals surface area contributed by atoms with Crippen LogP contribution in [0, 0.1) is 0 Å². The second kappa shape index (κ2) is 7.20. The Morgan fingerprint density at radius 3 is 2.90 bits per heavy atom. The molecule has 1 aliphatic heterocycles. The van der Waals surface area contributed by atoms with Crippen LogP contribution in [0.25, 0.3) is 6.08 Å². The van der Waals surface area contributed by atoms with Crippen molar-refractivity contribution < 1.29 is 9.59 Å². The lowest BCUT2D eigenvalue weighted by Crippen LogP contribution is -2.34. The number of hydrogen-bond donors (Lipinski definition) is 3. The van der Waals surface area contributed by atoms with E-state index in [2.05, 4.69) is 21.4 Å². The summed E-state index contributed by atoms with van der Waals surface area (Å²) < 4.78 is 0. The van der Waals surface area contributed by atoms with Gasteiger partial charge < -0.3 is 0 Å². The third-order valence-electron chi connectivity index (χ3n) is 2.72. The summed E-state index contributed by atoms with van der Waals surface area (Å²) in [6, 6.07) is 9.61.